The number of hydrogen-bond donors (Lipinski definition) is 3. The lowest BCUT2D eigenvalue weighted by molar-refractivity contribution is -0.126. The summed E-state index contributed by atoms with van der Waals surface area (Å²) in [5, 5.41) is 13.7. The Balaban J connectivity index is 2.42. The van der Waals surface area contributed by atoms with Crippen molar-refractivity contribution in [3.8, 4) is 5.75 Å². The first-order chi connectivity index (χ1) is 8.28. The number of alkyl halides is 3. The van der Waals surface area contributed by atoms with Gasteiger partial charge in [-0.1, -0.05) is 6.07 Å². The molecule has 0 saturated heterocycles. The lowest BCUT2D eigenvalue weighted by Crippen LogP contribution is -2.35. The quantitative estimate of drug-likeness (QED) is 0.775. The third kappa shape index (κ3) is 5.05. The molecular formula is C11H13F3N2O2. The van der Waals surface area contributed by atoms with Gasteiger partial charge in [0.05, 0.1) is 13.1 Å². The van der Waals surface area contributed by atoms with Crippen molar-refractivity contribution >= 4 is 11.6 Å². The van der Waals surface area contributed by atoms with Crippen molar-refractivity contribution in [2.75, 3.05) is 18.4 Å². The second-order valence-corrected chi connectivity index (χ2v) is 3.77. The molecule has 1 aromatic carbocycles. The van der Waals surface area contributed by atoms with E-state index in [1.807, 2.05) is 5.32 Å². The Labute approximate surface area is 102 Å². The zero-order valence-electron chi connectivity index (χ0n) is 9.64. The number of nitrogens with one attached hydrogen (secondary N) is 2. The summed E-state index contributed by atoms with van der Waals surface area (Å²) in [5.41, 5.74) is 0.972. The van der Waals surface area contributed by atoms with Gasteiger partial charge in [-0.2, -0.15) is 13.2 Å². The number of aryl methyl sites for hydroxylation is 1. The molecule has 0 bridgehead atoms. The average molecular weight is 262 g/mol. The number of anilines is 1. The van der Waals surface area contributed by atoms with Crippen LogP contribution < -0.4 is 10.6 Å². The lowest BCUT2D eigenvalue weighted by atomic mass is 10.2. The molecule has 0 aliphatic rings. The molecule has 4 nitrogen and oxygen atoms in total. The van der Waals surface area contributed by atoms with E-state index in [4.69, 9.17) is 0 Å². The van der Waals surface area contributed by atoms with Gasteiger partial charge in [0, 0.05) is 11.8 Å². The number of amides is 1. The molecule has 0 saturated carbocycles. The zero-order chi connectivity index (χ0) is 13.8. The van der Waals surface area contributed by atoms with E-state index in [1.54, 1.807) is 19.1 Å². The molecular weight excluding hydrogens is 249 g/mol. The summed E-state index contributed by atoms with van der Waals surface area (Å²) in [6.07, 6.45) is -4.34. The predicted molar refractivity (Wildman–Crippen MR) is 60.4 cm³/mol. The van der Waals surface area contributed by atoms with Gasteiger partial charge in [-0.25, -0.2) is 0 Å². The Hall–Kier alpha value is -1.76. The monoisotopic (exact) mass is 262 g/mol. The lowest BCUT2D eigenvalue weighted by Gasteiger charge is -2.09. The average Bonchev–Trinajstić information content (AvgIpc) is 2.21. The number of halogens is 3. The molecule has 0 heterocycles. The van der Waals surface area contributed by atoms with Crippen LogP contribution in [0.1, 0.15) is 5.56 Å². The topological polar surface area (TPSA) is 61.4 Å². The smallest absolute Gasteiger partial charge is 0.401 e. The minimum Gasteiger partial charge on any atom is -0.508 e. The first kappa shape index (κ1) is 14.3. The molecule has 18 heavy (non-hydrogen) atoms. The van der Waals surface area contributed by atoms with Gasteiger partial charge in [0.2, 0.25) is 5.91 Å². The number of carbonyl (C=O) groups excluding carboxylic acids is 1. The van der Waals surface area contributed by atoms with Gasteiger partial charge < -0.3 is 15.7 Å². The van der Waals surface area contributed by atoms with Crippen molar-refractivity contribution in [2.45, 2.75) is 13.1 Å². The van der Waals surface area contributed by atoms with Crippen LogP contribution in [0.3, 0.4) is 0 Å². The van der Waals surface area contributed by atoms with Crippen LogP contribution in [0, 0.1) is 6.92 Å². The van der Waals surface area contributed by atoms with E-state index in [1.165, 1.54) is 6.07 Å². The molecule has 0 aliphatic carbocycles. The molecule has 1 aromatic rings. The van der Waals surface area contributed by atoms with Gasteiger partial charge >= 0.3 is 6.18 Å². The number of phenolic OH excluding ortho intramolecular Hbond substituents is 1. The van der Waals surface area contributed by atoms with Crippen molar-refractivity contribution < 1.29 is 23.1 Å². The first-order valence-electron chi connectivity index (χ1n) is 5.15. The molecule has 1 rings (SSSR count). The van der Waals surface area contributed by atoms with E-state index >= 15 is 0 Å². The second-order valence-electron chi connectivity index (χ2n) is 3.77. The number of rotatable bonds is 4. The van der Waals surface area contributed by atoms with Gasteiger partial charge in [0.15, 0.2) is 0 Å². The Morgan fingerprint density at radius 3 is 2.61 bits per heavy atom. The summed E-state index contributed by atoms with van der Waals surface area (Å²) in [7, 11) is 0. The largest absolute Gasteiger partial charge is 0.508 e. The van der Waals surface area contributed by atoms with Crippen molar-refractivity contribution in [3.05, 3.63) is 23.8 Å². The number of aromatic hydroxyl groups is 1. The maximum Gasteiger partial charge on any atom is 0.401 e. The second kappa shape index (κ2) is 5.72. The number of phenols is 1. The highest BCUT2D eigenvalue weighted by atomic mass is 19.4. The fourth-order valence-corrected chi connectivity index (χ4v) is 1.21. The van der Waals surface area contributed by atoms with Crippen LogP contribution in [0.15, 0.2) is 18.2 Å². The van der Waals surface area contributed by atoms with Gasteiger partial charge in [0.1, 0.15) is 5.75 Å². The van der Waals surface area contributed by atoms with E-state index < -0.39 is 25.2 Å². The molecule has 1 amide bonds. The van der Waals surface area contributed by atoms with E-state index in [2.05, 4.69) is 5.32 Å². The van der Waals surface area contributed by atoms with Crippen LogP contribution in [0.4, 0.5) is 18.9 Å². The number of carbonyl (C=O) groups is 1. The number of hydrogen-bond acceptors (Lipinski definition) is 3. The van der Waals surface area contributed by atoms with E-state index in [-0.39, 0.29) is 5.75 Å². The Morgan fingerprint density at radius 2 is 2.06 bits per heavy atom. The first-order valence-corrected chi connectivity index (χ1v) is 5.15. The molecule has 0 fully saturated rings. The normalized spacial score (nSPS) is 11.3. The third-order valence-electron chi connectivity index (χ3n) is 2.10. The Morgan fingerprint density at radius 1 is 1.39 bits per heavy atom. The molecule has 7 heteroatoms. The summed E-state index contributed by atoms with van der Waals surface area (Å²) < 4.78 is 35.4. The SMILES string of the molecule is Cc1ccc(NC(=O)CNCC(F)(F)F)cc1O. The Bertz CT molecular complexity index is 433. The van der Waals surface area contributed by atoms with Gasteiger partial charge in [-0.3, -0.25) is 4.79 Å². The van der Waals surface area contributed by atoms with Crippen molar-refractivity contribution in [1.82, 2.24) is 5.32 Å². The molecule has 0 unspecified atom stereocenters. The summed E-state index contributed by atoms with van der Waals surface area (Å²) in [6, 6.07) is 4.47. The molecule has 0 aliphatic heterocycles. The van der Waals surface area contributed by atoms with E-state index in [0.29, 0.717) is 11.3 Å². The molecule has 100 valence electrons. The fraction of sp³-hybridized carbons (Fsp3) is 0.364. The maximum atomic E-state index is 11.8. The third-order valence-corrected chi connectivity index (χ3v) is 2.10. The predicted octanol–water partition coefficient (Wildman–Crippen LogP) is 1.79. The van der Waals surface area contributed by atoms with Crippen molar-refractivity contribution in [3.63, 3.8) is 0 Å². The van der Waals surface area contributed by atoms with E-state index in [9.17, 15) is 23.1 Å². The van der Waals surface area contributed by atoms with E-state index in [0.717, 1.165) is 0 Å². The summed E-state index contributed by atoms with van der Waals surface area (Å²) in [6.45, 7) is 0.0134. The highest BCUT2D eigenvalue weighted by Crippen LogP contribution is 2.20. The van der Waals surface area contributed by atoms with Gasteiger partial charge in [0.25, 0.3) is 0 Å². The van der Waals surface area contributed by atoms with Crippen LogP contribution >= 0.6 is 0 Å². The van der Waals surface area contributed by atoms with Crippen LogP contribution in [0.2, 0.25) is 0 Å². The van der Waals surface area contributed by atoms with Gasteiger partial charge in [-0.15, -0.1) is 0 Å². The zero-order valence-corrected chi connectivity index (χ0v) is 9.64. The van der Waals surface area contributed by atoms with Crippen molar-refractivity contribution in [1.29, 1.82) is 0 Å². The standard InChI is InChI=1S/C11H13F3N2O2/c1-7-2-3-8(4-9(7)17)16-10(18)5-15-6-11(12,13)14/h2-4,15,17H,5-6H2,1H3,(H,16,18). The summed E-state index contributed by atoms with van der Waals surface area (Å²) >= 11 is 0. The maximum absolute atomic E-state index is 11.8. The number of benzene rings is 1. The minimum absolute atomic E-state index is 0.0102. The van der Waals surface area contributed by atoms with Crippen LogP contribution in [-0.4, -0.2) is 30.3 Å². The van der Waals surface area contributed by atoms with Crippen LogP contribution in [0.25, 0.3) is 0 Å². The molecule has 0 atom stereocenters. The highest BCUT2D eigenvalue weighted by molar-refractivity contribution is 5.92. The molecule has 0 radical (unpaired) electrons. The molecule has 3 N–H and O–H groups in total. The van der Waals surface area contributed by atoms with Crippen molar-refractivity contribution in [2.24, 2.45) is 0 Å². The molecule has 0 aromatic heterocycles. The van der Waals surface area contributed by atoms with Gasteiger partial charge in [-0.05, 0) is 18.6 Å². The summed E-state index contributed by atoms with van der Waals surface area (Å²) in [4.78, 5) is 11.3. The fourth-order valence-electron chi connectivity index (χ4n) is 1.21. The summed E-state index contributed by atoms with van der Waals surface area (Å²) in [5.74, 6) is -0.599. The Kier molecular flexibility index (Phi) is 4.55. The van der Waals surface area contributed by atoms with Crippen LogP contribution in [0.5, 0.6) is 5.75 Å². The highest BCUT2D eigenvalue weighted by Gasteiger charge is 2.26. The van der Waals surface area contributed by atoms with Crippen LogP contribution in [-0.2, 0) is 4.79 Å². The molecule has 0 spiro atoms. The minimum atomic E-state index is -4.34.